The molecule has 1 saturated heterocycles. The van der Waals surface area contributed by atoms with Gasteiger partial charge < -0.3 is 5.73 Å². The highest BCUT2D eigenvalue weighted by Gasteiger charge is 2.34. The first-order chi connectivity index (χ1) is 8.45. The Morgan fingerprint density at radius 2 is 1.89 bits per heavy atom. The van der Waals surface area contributed by atoms with Crippen LogP contribution in [-0.4, -0.2) is 31.9 Å². The monoisotopic (exact) mass is 308 g/mol. The van der Waals surface area contributed by atoms with Gasteiger partial charge in [0.1, 0.15) is 0 Å². The fourth-order valence-electron chi connectivity index (χ4n) is 2.17. The summed E-state index contributed by atoms with van der Waals surface area (Å²) >= 11 is 11.7. The lowest BCUT2D eigenvalue weighted by Crippen LogP contribution is -2.39. The van der Waals surface area contributed by atoms with E-state index in [1.54, 1.807) is 0 Å². The Hall–Kier alpha value is -0.330. The molecule has 4 nitrogen and oxygen atoms in total. The van der Waals surface area contributed by atoms with Crippen molar-refractivity contribution < 1.29 is 8.42 Å². The van der Waals surface area contributed by atoms with Crippen LogP contribution in [0, 0.1) is 0 Å². The van der Waals surface area contributed by atoms with Gasteiger partial charge in [-0.1, -0.05) is 23.2 Å². The third-order valence-electron chi connectivity index (χ3n) is 3.04. The molecule has 100 valence electrons. The minimum atomic E-state index is -3.56. The van der Waals surface area contributed by atoms with Crippen LogP contribution in [-0.2, 0) is 10.0 Å². The number of benzene rings is 1. The van der Waals surface area contributed by atoms with Gasteiger partial charge in [0.05, 0.1) is 4.90 Å². The lowest BCUT2D eigenvalue weighted by Gasteiger charge is -2.23. The Morgan fingerprint density at radius 3 is 2.44 bits per heavy atom. The zero-order chi connectivity index (χ0) is 13.3. The van der Waals surface area contributed by atoms with Crippen molar-refractivity contribution in [3.8, 4) is 0 Å². The van der Waals surface area contributed by atoms with Gasteiger partial charge in [-0.25, -0.2) is 8.42 Å². The van der Waals surface area contributed by atoms with Crippen LogP contribution in [0.3, 0.4) is 0 Å². The number of halogens is 2. The molecule has 1 fully saturated rings. The van der Waals surface area contributed by atoms with E-state index >= 15 is 0 Å². The molecule has 0 aromatic heterocycles. The van der Waals surface area contributed by atoms with Crippen LogP contribution in [0.5, 0.6) is 0 Å². The van der Waals surface area contributed by atoms with Gasteiger partial charge >= 0.3 is 0 Å². The molecule has 2 rings (SSSR count). The van der Waals surface area contributed by atoms with E-state index in [-0.39, 0.29) is 10.9 Å². The normalized spacial score (nSPS) is 21.4. The van der Waals surface area contributed by atoms with E-state index < -0.39 is 10.0 Å². The molecule has 1 aromatic rings. The standard InChI is InChI=1S/C11H14Cl2N2O2S/c12-8-4-9(13)6-11(5-8)18(16,17)15-3-1-2-10(15)7-14/h4-6,10H,1-3,7,14H2. The summed E-state index contributed by atoms with van der Waals surface area (Å²) in [6.45, 7) is 0.821. The smallest absolute Gasteiger partial charge is 0.243 e. The fraction of sp³-hybridized carbons (Fsp3) is 0.455. The molecule has 7 heteroatoms. The highest BCUT2D eigenvalue weighted by Crippen LogP contribution is 2.29. The van der Waals surface area contributed by atoms with E-state index in [1.165, 1.54) is 22.5 Å². The zero-order valence-electron chi connectivity index (χ0n) is 9.64. The van der Waals surface area contributed by atoms with E-state index in [9.17, 15) is 8.42 Å². The summed E-state index contributed by atoms with van der Waals surface area (Å²) in [6.07, 6.45) is 1.62. The molecule has 0 saturated carbocycles. The van der Waals surface area contributed by atoms with Crippen molar-refractivity contribution >= 4 is 33.2 Å². The van der Waals surface area contributed by atoms with E-state index in [4.69, 9.17) is 28.9 Å². The van der Waals surface area contributed by atoms with Gasteiger partial charge in [-0.15, -0.1) is 0 Å². The minimum absolute atomic E-state index is 0.125. The van der Waals surface area contributed by atoms with Gasteiger partial charge in [0.25, 0.3) is 0 Å². The maximum absolute atomic E-state index is 12.5. The van der Waals surface area contributed by atoms with Crippen LogP contribution in [0.4, 0.5) is 0 Å². The van der Waals surface area contributed by atoms with Crippen LogP contribution >= 0.6 is 23.2 Å². The first-order valence-electron chi connectivity index (χ1n) is 5.63. The number of hydrogen-bond acceptors (Lipinski definition) is 3. The number of nitrogens with two attached hydrogens (primary N) is 1. The molecule has 1 aliphatic heterocycles. The Kier molecular flexibility index (Phi) is 4.18. The lowest BCUT2D eigenvalue weighted by atomic mass is 10.2. The van der Waals surface area contributed by atoms with Crippen molar-refractivity contribution in [1.29, 1.82) is 0 Å². The molecular formula is C11H14Cl2N2O2S. The third kappa shape index (κ3) is 2.65. The number of rotatable bonds is 3. The molecule has 0 spiro atoms. The number of sulfonamides is 1. The molecule has 0 bridgehead atoms. The van der Waals surface area contributed by atoms with Crippen LogP contribution in [0.1, 0.15) is 12.8 Å². The molecule has 1 aliphatic rings. The third-order valence-corrected chi connectivity index (χ3v) is 5.40. The van der Waals surface area contributed by atoms with Gasteiger partial charge in [-0.2, -0.15) is 4.31 Å². The molecule has 1 aromatic carbocycles. The Balaban J connectivity index is 2.41. The molecule has 18 heavy (non-hydrogen) atoms. The molecule has 1 heterocycles. The molecule has 0 aliphatic carbocycles. The first-order valence-corrected chi connectivity index (χ1v) is 7.83. The van der Waals surface area contributed by atoms with Crippen molar-refractivity contribution in [3.05, 3.63) is 28.2 Å². The summed E-state index contributed by atoms with van der Waals surface area (Å²) in [4.78, 5) is 0.125. The summed E-state index contributed by atoms with van der Waals surface area (Å²) in [6, 6.07) is 4.20. The highest BCUT2D eigenvalue weighted by molar-refractivity contribution is 7.89. The average Bonchev–Trinajstić information content (AvgIpc) is 2.76. The second-order valence-corrected chi connectivity index (χ2v) is 7.02. The maximum Gasteiger partial charge on any atom is 0.243 e. The first kappa shape index (κ1) is 14.1. The summed E-state index contributed by atoms with van der Waals surface area (Å²) in [5.74, 6) is 0. The van der Waals surface area contributed by atoms with E-state index in [2.05, 4.69) is 0 Å². The number of nitrogens with zero attached hydrogens (tertiary/aromatic N) is 1. The largest absolute Gasteiger partial charge is 0.329 e. The molecule has 0 radical (unpaired) electrons. The maximum atomic E-state index is 12.5. The SMILES string of the molecule is NCC1CCCN1S(=O)(=O)c1cc(Cl)cc(Cl)c1. The fourth-order valence-corrected chi connectivity index (χ4v) is 4.61. The molecular weight excluding hydrogens is 295 g/mol. The predicted octanol–water partition coefficient (Wildman–Crippen LogP) is 2.11. The summed E-state index contributed by atoms with van der Waals surface area (Å²) in [5.41, 5.74) is 5.60. The van der Waals surface area contributed by atoms with Crippen molar-refractivity contribution in [2.24, 2.45) is 5.73 Å². The highest BCUT2D eigenvalue weighted by atomic mass is 35.5. The van der Waals surface area contributed by atoms with Crippen molar-refractivity contribution in [1.82, 2.24) is 4.31 Å². The zero-order valence-corrected chi connectivity index (χ0v) is 12.0. The second-order valence-electron chi connectivity index (χ2n) is 4.25. The summed E-state index contributed by atoms with van der Waals surface area (Å²) < 4.78 is 26.4. The van der Waals surface area contributed by atoms with E-state index in [0.717, 1.165) is 12.8 Å². The Labute approximate surface area is 117 Å². The van der Waals surface area contributed by atoms with Crippen LogP contribution < -0.4 is 5.73 Å². The predicted molar refractivity (Wildman–Crippen MR) is 72.4 cm³/mol. The molecule has 1 atom stereocenters. The average molecular weight is 309 g/mol. The van der Waals surface area contributed by atoms with E-state index in [1.807, 2.05) is 0 Å². The van der Waals surface area contributed by atoms with Gasteiger partial charge in [-0.05, 0) is 31.0 Å². The lowest BCUT2D eigenvalue weighted by molar-refractivity contribution is 0.393. The van der Waals surface area contributed by atoms with Gasteiger partial charge in [0.2, 0.25) is 10.0 Å². The number of hydrogen-bond donors (Lipinski definition) is 1. The van der Waals surface area contributed by atoms with Crippen LogP contribution in [0.15, 0.2) is 23.1 Å². The topological polar surface area (TPSA) is 63.4 Å². The second kappa shape index (κ2) is 5.35. The molecule has 2 N–H and O–H groups in total. The van der Waals surface area contributed by atoms with Gasteiger partial charge in [0, 0.05) is 29.2 Å². The summed E-state index contributed by atoms with van der Waals surface area (Å²) in [7, 11) is -3.56. The quantitative estimate of drug-likeness (QED) is 0.930. The van der Waals surface area contributed by atoms with E-state index in [0.29, 0.717) is 23.1 Å². The molecule has 0 amide bonds. The minimum Gasteiger partial charge on any atom is -0.329 e. The Bertz CT molecular complexity index is 528. The van der Waals surface area contributed by atoms with Crippen molar-refractivity contribution in [2.45, 2.75) is 23.8 Å². The van der Waals surface area contributed by atoms with Gasteiger partial charge in [-0.3, -0.25) is 0 Å². The Morgan fingerprint density at radius 1 is 1.28 bits per heavy atom. The van der Waals surface area contributed by atoms with Crippen LogP contribution in [0.25, 0.3) is 0 Å². The summed E-state index contributed by atoms with van der Waals surface area (Å²) in [5, 5.41) is 0.620. The van der Waals surface area contributed by atoms with Crippen molar-refractivity contribution in [2.75, 3.05) is 13.1 Å². The van der Waals surface area contributed by atoms with Crippen LogP contribution in [0.2, 0.25) is 10.0 Å². The molecule has 1 unspecified atom stereocenters. The van der Waals surface area contributed by atoms with Crippen molar-refractivity contribution in [3.63, 3.8) is 0 Å². The van der Waals surface area contributed by atoms with Gasteiger partial charge in [0.15, 0.2) is 0 Å².